The maximum absolute atomic E-state index is 6.45. The lowest BCUT2D eigenvalue weighted by Gasteiger charge is -2.36. The van der Waals surface area contributed by atoms with E-state index in [9.17, 15) is 0 Å². The fourth-order valence-corrected chi connectivity index (χ4v) is 2.60. The van der Waals surface area contributed by atoms with Crippen molar-refractivity contribution in [1.82, 2.24) is 0 Å². The first-order valence-electron chi connectivity index (χ1n) is 6.22. The summed E-state index contributed by atoms with van der Waals surface area (Å²) in [6, 6.07) is 12.1. The first-order valence-corrected chi connectivity index (χ1v) is 6.22. The summed E-state index contributed by atoms with van der Waals surface area (Å²) in [5.74, 6) is 0.754. The molecule has 2 aromatic rings. The van der Waals surface area contributed by atoms with E-state index in [0.29, 0.717) is 6.61 Å². The van der Waals surface area contributed by atoms with Crippen molar-refractivity contribution in [3.63, 3.8) is 0 Å². The molecule has 0 radical (unpaired) electrons. The minimum atomic E-state index is -0.653. The van der Waals surface area contributed by atoms with Crippen LogP contribution in [0.2, 0.25) is 0 Å². The Morgan fingerprint density at radius 1 is 1.22 bits per heavy atom. The number of nitrogens with two attached hydrogens (primary N) is 1. The van der Waals surface area contributed by atoms with Crippen molar-refractivity contribution in [2.24, 2.45) is 5.73 Å². The van der Waals surface area contributed by atoms with Crippen LogP contribution in [0.5, 0.6) is 0 Å². The van der Waals surface area contributed by atoms with E-state index < -0.39 is 5.54 Å². The third kappa shape index (κ3) is 1.76. The highest BCUT2D eigenvalue weighted by Crippen LogP contribution is 2.39. The zero-order chi connectivity index (χ0) is 12.6. The SMILES string of the molecule is CC(N)(c1ccco1)C1OCCc2ccccc21. The first kappa shape index (κ1) is 11.5. The highest BCUT2D eigenvalue weighted by atomic mass is 16.5. The smallest absolute Gasteiger partial charge is 0.126 e. The maximum Gasteiger partial charge on any atom is 0.126 e. The van der Waals surface area contributed by atoms with Gasteiger partial charge in [0.25, 0.3) is 0 Å². The molecule has 0 bridgehead atoms. The van der Waals surface area contributed by atoms with Crippen molar-refractivity contribution in [2.75, 3.05) is 6.61 Å². The second-order valence-electron chi connectivity index (χ2n) is 4.96. The molecule has 1 aromatic carbocycles. The second-order valence-corrected chi connectivity index (χ2v) is 4.96. The van der Waals surface area contributed by atoms with Crippen LogP contribution in [0.4, 0.5) is 0 Å². The van der Waals surface area contributed by atoms with Crippen LogP contribution in [0.3, 0.4) is 0 Å². The fraction of sp³-hybridized carbons (Fsp3) is 0.333. The molecule has 3 heteroatoms. The van der Waals surface area contributed by atoms with Crippen molar-refractivity contribution < 1.29 is 9.15 Å². The Hall–Kier alpha value is -1.58. The molecule has 0 saturated heterocycles. The van der Waals surface area contributed by atoms with Crippen LogP contribution in [0, 0.1) is 0 Å². The summed E-state index contributed by atoms with van der Waals surface area (Å²) in [6.45, 7) is 2.66. The third-order valence-electron chi connectivity index (χ3n) is 3.59. The van der Waals surface area contributed by atoms with E-state index in [1.165, 1.54) is 11.1 Å². The number of fused-ring (bicyclic) bond motifs is 1. The fourth-order valence-electron chi connectivity index (χ4n) is 2.60. The summed E-state index contributed by atoms with van der Waals surface area (Å²) >= 11 is 0. The Balaban J connectivity index is 2.04. The predicted octanol–water partition coefficient (Wildman–Crippen LogP) is 2.77. The molecule has 2 atom stereocenters. The van der Waals surface area contributed by atoms with Crippen molar-refractivity contribution in [3.05, 3.63) is 59.5 Å². The summed E-state index contributed by atoms with van der Waals surface area (Å²) in [5.41, 5.74) is 8.29. The molecule has 2 unspecified atom stereocenters. The van der Waals surface area contributed by atoms with Crippen molar-refractivity contribution in [1.29, 1.82) is 0 Å². The summed E-state index contributed by atoms with van der Waals surface area (Å²) in [6.07, 6.45) is 2.43. The average molecular weight is 243 g/mol. The molecule has 2 heterocycles. The average Bonchev–Trinajstić information content (AvgIpc) is 2.92. The molecule has 1 aromatic heterocycles. The van der Waals surface area contributed by atoms with E-state index >= 15 is 0 Å². The van der Waals surface area contributed by atoms with Crippen molar-refractivity contribution >= 4 is 0 Å². The number of benzene rings is 1. The Kier molecular flexibility index (Phi) is 2.73. The van der Waals surface area contributed by atoms with Gasteiger partial charge in [0.1, 0.15) is 17.4 Å². The molecular formula is C15H17NO2. The van der Waals surface area contributed by atoms with Crippen LogP contribution >= 0.6 is 0 Å². The van der Waals surface area contributed by atoms with Gasteiger partial charge < -0.3 is 14.9 Å². The topological polar surface area (TPSA) is 48.4 Å². The summed E-state index contributed by atoms with van der Waals surface area (Å²) in [7, 11) is 0. The van der Waals surface area contributed by atoms with Gasteiger partial charge in [0, 0.05) is 0 Å². The van der Waals surface area contributed by atoms with Gasteiger partial charge in [-0.1, -0.05) is 24.3 Å². The van der Waals surface area contributed by atoms with Gasteiger partial charge in [0.2, 0.25) is 0 Å². The maximum atomic E-state index is 6.45. The van der Waals surface area contributed by atoms with Gasteiger partial charge in [-0.2, -0.15) is 0 Å². The molecule has 0 aliphatic carbocycles. The van der Waals surface area contributed by atoms with Crippen LogP contribution in [-0.4, -0.2) is 6.61 Å². The van der Waals surface area contributed by atoms with Gasteiger partial charge in [-0.25, -0.2) is 0 Å². The molecule has 0 fully saturated rings. The largest absolute Gasteiger partial charge is 0.467 e. The number of ether oxygens (including phenoxy) is 1. The molecule has 1 aliphatic rings. The van der Waals surface area contributed by atoms with Crippen LogP contribution in [0.15, 0.2) is 47.1 Å². The van der Waals surface area contributed by atoms with E-state index in [1.807, 2.05) is 25.1 Å². The third-order valence-corrected chi connectivity index (χ3v) is 3.59. The Labute approximate surface area is 107 Å². The summed E-state index contributed by atoms with van der Waals surface area (Å²) in [4.78, 5) is 0. The van der Waals surface area contributed by atoms with E-state index in [0.717, 1.165) is 12.2 Å². The van der Waals surface area contributed by atoms with Crippen molar-refractivity contribution in [3.8, 4) is 0 Å². The quantitative estimate of drug-likeness (QED) is 0.882. The lowest BCUT2D eigenvalue weighted by Crippen LogP contribution is -2.42. The number of rotatable bonds is 2. The monoisotopic (exact) mass is 243 g/mol. The molecule has 18 heavy (non-hydrogen) atoms. The highest BCUT2D eigenvalue weighted by Gasteiger charge is 2.39. The molecule has 94 valence electrons. The lowest BCUT2D eigenvalue weighted by molar-refractivity contribution is -0.0153. The van der Waals surface area contributed by atoms with Gasteiger partial charge in [-0.3, -0.25) is 0 Å². The van der Waals surface area contributed by atoms with Gasteiger partial charge in [-0.15, -0.1) is 0 Å². The molecule has 3 nitrogen and oxygen atoms in total. The van der Waals surface area contributed by atoms with Gasteiger partial charge >= 0.3 is 0 Å². The minimum absolute atomic E-state index is 0.159. The summed E-state index contributed by atoms with van der Waals surface area (Å²) in [5, 5.41) is 0. The number of furan rings is 1. The molecule has 2 N–H and O–H groups in total. The molecule has 1 aliphatic heterocycles. The Morgan fingerprint density at radius 3 is 2.83 bits per heavy atom. The Morgan fingerprint density at radius 2 is 2.06 bits per heavy atom. The van der Waals surface area contributed by atoms with Gasteiger partial charge in [0.15, 0.2) is 0 Å². The molecule has 0 spiro atoms. The van der Waals surface area contributed by atoms with Crippen molar-refractivity contribution in [2.45, 2.75) is 25.0 Å². The number of hydrogen-bond acceptors (Lipinski definition) is 3. The van der Waals surface area contributed by atoms with Crippen LogP contribution in [0.25, 0.3) is 0 Å². The predicted molar refractivity (Wildman–Crippen MR) is 69.1 cm³/mol. The van der Waals surface area contributed by atoms with E-state index in [2.05, 4.69) is 18.2 Å². The van der Waals surface area contributed by atoms with Gasteiger partial charge in [-0.05, 0) is 36.6 Å². The zero-order valence-electron chi connectivity index (χ0n) is 10.4. The van der Waals surface area contributed by atoms with E-state index in [1.54, 1.807) is 6.26 Å². The van der Waals surface area contributed by atoms with E-state index in [-0.39, 0.29) is 6.10 Å². The zero-order valence-corrected chi connectivity index (χ0v) is 10.4. The van der Waals surface area contributed by atoms with Crippen LogP contribution < -0.4 is 5.73 Å². The standard InChI is InChI=1S/C15H17NO2/c1-15(16,13-7-4-9-17-13)14-12-6-3-2-5-11(12)8-10-18-14/h2-7,9,14H,8,10,16H2,1H3. The van der Waals surface area contributed by atoms with E-state index in [4.69, 9.17) is 14.9 Å². The summed E-state index contributed by atoms with van der Waals surface area (Å²) < 4.78 is 11.4. The lowest BCUT2D eigenvalue weighted by atomic mass is 9.84. The molecular weight excluding hydrogens is 226 g/mol. The minimum Gasteiger partial charge on any atom is -0.467 e. The first-order chi connectivity index (χ1) is 8.69. The second kappa shape index (κ2) is 4.26. The number of hydrogen-bond donors (Lipinski definition) is 1. The molecule has 0 amide bonds. The molecule has 0 saturated carbocycles. The van der Waals surface area contributed by atoms with Crippen LogP contribution in [0.1, 0.15) is 29.9 Å². The van der Waals surface area contributed by atoms with Crippen LogP contribution in [-0.2, 0) is 16.7 Å². The highest BCUT2D eigenvalue weighted by molar-refractivity contribution is 5.34. The normalized spacial score (nSPS) is 22.2. The molecule has 3 rings (SSSR count). The van der Waals surface area contributed by atoms with Gasteiger partial charge in [0.05, 0.1) is 12.9 Å². The Bertz CT molecular complexity index is 531.